The molecule has 0 radical (unpaired) electrons. The molecule has 6 aromatic rings. The molecule has 2 heterocycles. The standard InChI is InChI=1S/C30H22N2S2/c1-3-11-19(12-4-1)25-27(29-31-21-15-7-9-17-23(21)33-29)26(20-13-5-2-6-14-20)28(25)30-32-22-16-8-10-18-24(22)34-30/h1-18,25-28H. The number of para-hydroxylation sites is 2. The zero-order valence-electron chi connectivity index (χ0n) is 18.4. The van der Waals surface area contributed by atoms with Gasteiger partial charge in [0.2, 0.25) is 0 Å². The summed E-state index contributed by atoms with van der Waals surface area (Å²) in [6.45, 7) is 0. The summed E-state index contributed by atoms with van der Waals surface area (Å²) in [6, 6.07) is 39.0. The monoisotopic (exact) mass is 474 g/mol. The molecular formula is C30H22N2S2. The lowest BCUT2D eigenvalue weighted by Crippen LogP contribution is -2.40. The van der Waals surface area contributed by atoms with Crippen molar-refractivity contribution < 1.29 is 0 Å². The van der Waals surface area contributed by atoms with E-state index in [1.54, 1.807) is 0 Å². The predicted molar refractivity (Wildman–Crippen MR) is 143 cm³/mol. The highest BCUT2D eigenvalue weighted by atomic mass is 32.1. The maximum Gasteiger partial charge on any atom is 0.0982 e. The number of aromatic nitrogens is 2. The Morgan fingerprint density at radius 1 is 0.412 bits per heavy atom. The van der Waals surface area contributed by atoms with Gasteiger partial charge in [-0.25, -0.2) is 9.97 Å². The zero-order chi connectivity index (χ0) is 22.5. The summed E-state index contributed by atoms with van der Waals surface area (Å²) in [7, 11) is 0. The van der Waals surface area contributed by atoms with Gasteiger partial charge in [-0.3, -0.25) is 0 Å². The third kappa shape index (κ3) is 3.21. The van der Waals surface area contributed by atoms with Gasteiger partial charge in [-0.15, -0.1) is 22.7 Å². The summed E-state index contributed by atoms with van der Waals surface area (Å²) in [6.07, 6.45) is 0. The minimum Gasteiger partial charge on any atom is -0.241 e. The number of fused-ring (bicyclic) bond motifs is 2. The zero-order valence-corrected chi connectivity index (χ0v) is 20.0. The topological polar surface area (TPSA) is 25.8 Å². The van der Waals surface area contributed by atoms with Crippen LogP contribution in [0.15, 0.2) is 109 Å². The molecule has 164 valence electrons. The van der Waals surface area contributed by atoms with Crippen molar-refractivity contribution >= 4 is 43.1 Å². The lowest BCUT2D eigenvalue weighted by molar-refractivity contribution is 0.228. The Morgan fingerprint density at radius 2 is 0.794 bits per heavy atom. The molecule has 0 aliphatic heterocycles. The molecule has 1 aliphatic rings. The molecule has 4 heteroatoms. The van der Waals surface area contributed by atoms with Gasteiger partial charge >= 0.3 is 0 Å². The number of benzene rings is 4. The molecule has 0 amide bonds. The van der Waals surface area contributed by atoms with Crippen LogP contribution in [0.25, 0.3) is 20.4 Å². The Labute approximate surface area is 206 Å². The molecule has 0 unspecified atom stereocenters. The van der Waals surface area contributed by atoms with Crippen molar-refractivity contribution in [1.82, 2.24) is 9.97 Å². The minimum atomic E-state index is 0.319. The fraction of sp³-hybridized carbons (Fsp3) is 0.133. The van der Waals surface area contributed by atoms with E-state index in [2.05, 4.69) is 109 Å². The van der Waals surface area contributed by atoms with Crippen molar-refractivity contribution in [1.29, 1.82) is 0 Å². The SMILES string of the molecule is c1ccc(C2C(c3nc4ccccc4s3)C(c3ccccc3)C2c2nc3ccccc3s2)cc1. The Balaban J connectivity index is 1.43. The van der Waals surface area contributed by atoms with Gasteiger partial charge in [0.1, 0.15) is 0 Å². The highest BCUT2D eigenvalue weighted by Gasteiger charge is 2.55. The highest BCUT2D eigenvalue weighted by Crippen LogP contribution is 2.67. The van der Waals surface area contributed by atoms with E-state index < -0.39 is 0 Å². The number of hydrogen-bond acceptors (Lipinski definition) is 4. The first-order chi connectivity index (χ1) is 16.9. The van der Waals surface area contributed by atoms with Crippen molar-refractivity contribution in [2.45, 2.75) is 23.7 Å². The van der Waals surface area contributed by atoms with E-state index in [-0.39, 0.29) is 0 Å². The average molecular weight is 475 g/mol. The minimum absolute atomic E-state index is 0.319. The normalized spacial score (nSPS) is 22.1. The van der Waals surface area contributed by atoms with E-state index in [0.29, 0.717) is 23.7 Å². The Bertz CT molecular complexity index is 1390. The van der Waals surface area contributed by atoms with Crippen molar-refractivity contribution in [2.24, 2.45) is 0 Å². The van der Waals surface area contributed by atoms with Crippen LogP contribution in [0.2, 0.25) is 0 Å². The number of rotatable bonds is 4. The summed E-state index contributed by atoms with van der Waals surface area (Å²) < 4.78 is 2.53. The molecule has 0 spiro atoms. The third-order valence-corrected chi connectivity index (χ3v) is 9.38. The number of thiazole rings is 2. The van der Waals surface area contributed by atoms with E-state index in [1.807, 2.05) is 22.7 Å². The molecule has 0 N–H and O–H groups in total. The molecule has 1 fully saturated rings. The highest BCUT2D eigenvalue weighted by molar-refractivity contribution is 7.19. The molecule has 2 aromatic heterocycles. The molecule has 0 atom stereocenters. The van der Waals surface area contributed by atoms with Crippen molar-refractivity contribution in [3.63, 3.8) is 0 Å². The number of hydrogen-bond donors (Lipinski definition) is 0. The second kappa shape index (κ2) is 8.15. The van der Waals surface area contributed by atoms with Crippen LogP contribution in [0.5, 0.6) is 0 Å². The Hall–Kier alpha value is -3.34. The van der Waals surface area contributed by atoms with E-state index in [0.717, 1.165) is 11.0 Å². The molecular weight excluding hydrogens is 452 g/mol. The van der Waals surface area contributed by atoms with Crippen molar-refractivity contribution in [3.8, 4) is 0 Å². The maximum absolute atomic E-state index is 5.16. The van der Waals surface area contributed by atoms with Gasteiger partial charge in [-0.1, -0.05) is 84.9 Å². The lowest BCUT2D eigenvalue weighted by atomic mass is 9.53. The molecule has 34 heavy (non-hydrogen) atoms. The summed E-state index contributed by atoms with van der Waals surface area (Å²) in [4.78, 5) is 10.3. The van der Waals surface area contributed by atoms with Gasteiger partial charge in [-0.05, 0) is 35.4 Å². The van der Waals surface area contributed by atoms with Crippen LogP contribution in [0.4, 0.5) is 0 Å². The smallest absolute Gasteiger partial charge is 0.0982 e. The molecule has 0 bridgehead atoms. The van der Waals surface area contributed by atoms with Crippen LogP contribution in [0.3, 0.4) is 0 Å². The molecule has 2 nitrogen and oxygen atoms in total. The van der Waals surface area contributed by atoms with E-state index in [4.69, 9.17) is 9.97 Å². The van der Waals surface area contributed by atoms with Crippen molar-refractivity contribution in [2.75, 3.05) is 0 Å². The van der Waals surface area contributed by atoms with Crippen LogP contribution in [-0.2, 0) is 0 Å². The molecule has 0 saturated heterocycles. The predicted octanol–water partition coefficient (Wildman–Crippen LogP) is 8.35. The summed E-state index contributed by atoms with van der Waals surface area (Å²) in [5, 5.41) is 2.47. The van der Waals surface area contributed by atoms with Crippen LogP contribution in [0, 0.1) is 0 Å². The largest absolute Gasteiger partial charge is 0.241 e. The summed E-state index contributed by atoms with van der Waals surface area (Å²) in [5.41, 5.74) is 4.96. The van der Waals surface area contributed by atoms with Gasteiger partial charge in [0.15, 0.2) is 0 Å². The molecule has 4 aromatic carbocycles. The van der Waals surface area contributed by atoms with Crippen LogP contribution < -0.4 is 0 Å². The van der Waals surface area contributed by atoms with E-state index in [9.17, 15) is 0 Å². The Morgan fingerprint density at radius 3 is 1.21 bits per heavy atom. The fourth-order valence-corrected chi connectivity index (χ4v) is 7.93. The van der Waals surface area contributed by atoms with Crippen molar-refractivity contribution in [3.05, 3.63) is 130 Å². The molecule has 7 rings (SSSR count). The first-order valence-electron chi connectivity index (χ1n) is 11.7. The average Bonchev–Trinajstić information content (AvgIpc) is 3.48. The quantitative estimate of drug-likeness (QED) is 0.256. The fourth-order valence-electron chi connectivity index (χ4n) is 5.61. The summed E-state index contributed by atoms with van der Waals surface area (Å²) in [5.74, 6) is 1.32. The van der Waals surface area contributed by atoms with Crippen LogP contribution in [0.1, 0.15) is 44.8 Å². The van der Waals surface area contributed by atoms with Gasteiger partial charge in [0.25, 0.3) is 0 Å². The van der Waals surface area contributed by atoms with E-state index >= 15 is 0 Å². The second-order valence-corrected chi connectivity index (χ2v) is 11.1. The third-order valence-electron chi connectivity index (χ3n) is 7.11. The van der Waals surface area contributed by atoms with E-state index in [1.165, 1.54) is 30.5 Å². The van der Waals surface area contributed by atoms with Gasteiger partial charge < -0.3 is 0 Å². The van der Waals surface area contributed by atoms with Gasteiger partial charge in [0, 0.05) is 23.7 Å². The van der Waals surface area contributed by atoms with Crippen LogP contribution >= 0.6 is 22.7 Å². The maximum atomic E-state index is 5.16. The lowest BCUT2D eigenvalue weighted by Gasteiger charge is -2.51. The summed E-state index contributed by atoms with van der Waals surface area (Å²) >= 11 is 3.70. The number of nitrogens with zero attached hydrogens (tertiary/aromatic N) is 2. The van der Waals surface area contributed by atoms with Crippen LogP contribution in [-0.4, -0.2) is 9.97 Å². The Kier molecular flexibility index (Phi) is 4.81. The first kappa shape index (κ1) is 20.1. The van der Waals surface area contributed by atoms with Gasteiger partial charge in [-0.2, -0.15) is 0 Å². The molecule has 1 saturated carbocycles. The second-order valence-electron chi connectivity index (χ2n) is 8.96. The van der Waals surface area contributed by atoms with Gasteiger partial charge in [0.05, 0.1) is 30.4 Å². The first-order valence-corrected chi connectivity index (χ1v) is 13.3. The molecule has 1 aliphatic carbocycles.